The van der Waals surface area contributed by atoms with Gasteiger partial charge in [0.2, 0.25) is 5.91 Å². The molecule has 1 amide bonds. The summed E-state index contributed by atoms with van der Waals surface area (Å²) in [7, 11) is 1.74. The highest BCUT2D eigenvalue weighted by Crippen LogP contribution is 2.34. The summed E-state index contributed by atoms with van der Waals surface area (Å²) < 4.78 is 11.2. The van der Waals surface area contributed by atoms with Gasteiger partial charge < -0.3 is 14.4 Å². The van der Waals surface area contributed by atoms with E-state index in [4.69, 9.17) is 9.47 Å². The van der Waals surface area contributed by atoms with E-state index in [-0.39, 0.29) is 18.1 Å². The average Bonchev–Trinajstić information content (AvgIpc) is 2.92. The van der Waals surface area contributed by atoms with Crippen molar-refractivity contribution in [1.29, 1.82) is 0 Å². The Labute approximate surface area is 132 Å². The molecule has 0 unspecified atom stereocenters. The van der Waals surface area contributed by atoms with E-state index in [0.29, 0.717) is 25.5 Å². The van der Waals surface area contributed by atoms with Gasteiger partial charge in [-0.2, -0.15) is 0 Å². The summed E-state index contributed by atoms with van der Waals surface area (Å²) in [5.74, 6) is 0.730. The van der Waals surface area contributed by atoms with Gasteiger partial charge >= 0.3 is 0 Å². The quantitative estimate of drug-likeness (QED) is 0.856. The topological polar surface area (TPSA) is 38.8 Å². The van der Waals surface area contributed by atoms with Crippen molar-refractivity contribution in [2.45, 2.75) is 38.3 Å². The van der Waals surface area contributed by atoms with E-state index in [9.17, 15) is 4.79 Å². The molecule has 1 aromatic rings. The van der Waals surface area contributed by atoms with Crippen molar-refractivity contribution in [3.05, 3.63) is 35.4 Å². The van der Waals surface area contributed by atoms with E-state index >= 15 is 0 Å². The first-order valence-electron chi connectivity index (χ1n) is 8.13. The fourth-order valence-electron chi connectivity index (χ4n) is 3.71. The molecule has 1 aliphatic heterocycles. The minimum atomic E-state index is 0.191. The smallest absolute Gasteiger partial charge is 0.227 e. The van der Waals surface area contributed by atoms with Crippen LogP contribution in [0.3, 0.4) is 0 Å². The molecule has 1 saturated carbocycles. The highest BCUT2D eigenvalue weighted by atomic mass is 16.5. The number of morpholine rings is 1. The van der Waals surface area contributed by atoms with Crippen molar-refractivity contribution in [1.82, 2.24) is 4.90 Å². The first-order chi connectivity index (χ1) is 10.7. The van der Waals surface area contributed by atoms with E-state index in [1.165, 1.54) is 5.56 Å². The predicted molar refractivity (Wildman–Crippen MR) is 84.7 cm³/mol. The number of amides is 1. The maximum atomic E-state index is 12.7. The second-order valence-electron chi connectivity index (χ2n) is 6.52. The molecule has 1 saturated heterocycles. The second-order valence-corrected chi connectivity index (χ2v) is 6.52. The summed E-state index contributed by atoms with van der Waals surface area (Å²) >= 11 is 0. The van der Waals surface area contributed by atoms with Crippen molar-refractivity contribution in [2.75, 3.05) is 26.9 Å². The number of carbonyl (C=O) groups is 1. The van der Waals surface area contributed by atoms with E-state index < -0.39 is 0 Å². The summed E-state index contributed by atoms with van der Waals surface area (Å²) in [6.45, 7) is 4.19. The van der Waals surface area contributed by atoms with Crippen LogP contribution in [0.4, 0.5) is 0 Å². The molecule has 0 radical (unpaired) electrons. The number of fused-ring (bicyclic) bond motifs is 1. The lowest BCUT2D eigenvalue weighted by Gasteiger charge is -2.37. The molecule has 4 nitrogen and oxygen atoms in total. The van der Waals surface area contributed by atoms with Gasteiger partial charge in [0.25, 0.3) is 0 Å². The maximum Gasteiger partial charge on any atom is 0.227 e. The summed E-state index contributed by atoms with van der Waals surface area (Å²) in [6, 6.07) is 8.46. The number of benzene rings is 1. The first-order valence-corrected chi connectivity index (χ1v) is 8.13. The number of nitrogens with zero attached hydrogens (tertiary/aromatic N) is 1. The molecule has 1 aromatic carbocycles. The molecule has 0 spiro atoms. The molecule has 2 fully saturated rings. The van der Waals surface area contributed by atoms with E-state index in [1.807, 2.05) is 17.0 Å². The highest BCUT2D eigenvalue weighted by molar-refractivity contribution is 5.79. The first kappa shape index (κ1) is 15.5. The Hall–Kier alpha value is -1.39. The zero-order valence-electron chi connectivity index (χ0n) is 13.5. The number of carbonyl (C=O) groups excluding carboxylic acids is 1. The standard InChI is InChI=1S/C18H25NO3/c1-13-3-5-14(6-4-13)11-18(20)19-7-8-22-17-10-15(12-21-2)9-16(17)19/h3-6,15-17H,7-12H2,1-2H3/t15-,16-,17-/m0/s1. The number of aryl methyl sites for hydroxylation is 1. The molecule has 0 N–H and O–H groups in total. The monoisotopic (exact) mass is 303 g/mol. The summed E-state index contributed by atoms with van der Waals surface area (Å²) in [5.41, 5.74) is 2.31. The van der Waals surface area contributed by atoms with Crippen molar-refractivity contribution in [2.24, 2.45) is 5.92 Å². The number of methoxy groups -OCH3 is 1. The van der Waals surface area contributed by atoms with E-state index in [1.54, 1.807) is 7.11 Å². The Morgan fingerprint density at radius 2 is 2.09 bits per heavy atom. The Bertz CT molecular complexity index is 514. The van der Waals surface area contributed by atoms with Crippen LogP contribution in [-0.4, -0.2) is 49.8 Å². The van der Waals surface area contributed by atoms with Crippen molar-refractivity contribution in [3.8, 4) is 0 Å². The molecular formula is C18H25NO3. The summed E-state index contributed by atoms with van der Waals surface area (Å²) in [5, 5.41) is 0. The van der Waals surface area contributed by atoms with Gasteiger partial charge in [0.1, 0.15) is 0 Å². The molecule has 4 heteroatoms. The van der Waals surface area contributed by atoms with Gasteiger partial charge in [-0.05, 0) is 31.2 Å². The minimum Gasteiger partial charge on any atom is -0.384 e. The molecule has 1 heterocycles. The molecule has 3 atom stereocenters. The van der Waals surface area contributed by atoms with Gasteiger partial charge in [-0.1, -0.05) is 29.8 Å². The van der Waals surface area contributed by atoms with Crippen LogP contribution in [0.25, 0.3) is 0 Å². The fraction of sp³-hybridized carbons (Fsp3) is 0.611. The van der Waals surface area contributed by atoms with Crippen LogP contribution in [-0.2, 0) is 20.7 Å². The normalized spacial score (nSPS) is 27.7. The Balaban J connectivity index is 1.65. The Morgan fingerprint density at radius 3 is 2.82 bits per heavy atom. The third kappa shape index (κ3) is 3.33. The molecular weight excluding hydrogens is 278 g/mol. The van der Waals surface area contributed by atoms with Gasteiger partial charge in [-0.3, -0.25) is 4.79 Å². The van der Waals surface area contributed by atoms with Crippen molar-refractivity contribution < 1.29 is 14.3 Å². The third-order valence-corrected chi connectivity index (χ3v) is 4.83. The van der Waals surface area contributed by atoms with Crippen LogP contribution >= 0.6 is 0 Å². The molecule has 22 heavy (non-hydrogen) atoms. The van der Waals surface area contributed by atoms with Crippen LogP contribution in [0.2, 0.25) is 0 Å². The lowest BCUT2D eigenvalue weighted by Crippen LogP contribution is -2.51. The Morgan fingerprint density at radius 1 is 1.32 bits per heavy atom. The Kier molecular flexibility index (Phi) is 4.79. The van der Waals surface area contributed by atoms with E-state index in [2.05, 4.69) is 19.1 Å². The summed E-state index contributed by atoms with van der Waals surface area (Å²) in [4.78, 5) is 14.7. The van der Waals surface area contributed by atoms with Crippen LogP contribution in [0.5, 0.6) is 0 Å². The summed E-state index contributed by atoms with van der Waals surface area (Å²) in [6.07, 6.45) is 2.68. The van der Waals surface area contributed by atoms with Crippen LogP contribution in [0.1, 0.15) is 24.0 Å². The molecule has 0 bridgehead atoms. The molecule has 2 aliphatic rings. The molecule has 120 valence electrons. The van der Waals surface area contributed by atoms with Gasteiger partial charge in [0.15, 0.2) is 0 Å². The second kappa shape index (κ2) is 6.80. The zero-order chi connectivity index (χ0) is 15.5. The van der Waals surface area contributed by atoms with Crippen LogP contribution in [0.15, 0.2) is 24.3 Å². The zero-order valence-corrected chi connectivity index (χ0v) is 13.5. The highest BCUT2D eigenvalue weighted by Gasteiger charge is 2.42. The number of hydrogen-bond acceptors (Lipinski definition) is 3. The molecule has 0 aromatic heterocycles. The number of hydrogen-bond donors (Lipinski definition) is 0. The van der Waals surface area contributed by atoms with Crippen LogP contribution < -0.4 is 0 Å². The minimum absolute atomic E-state index is 0.191. The predicted octanol–water partition coefficient (Wildman–Crippen LogP) is 2.19. The maximum absolute atomic E-state index is 12.7. The van der Waals surface area contributed by atoms with Gasteiger partial charge in [-0.15, -0.1) is 0 Å². The van der Waals surface area contributed by atoms with Crippen LogP contribution in [0, 0.1) is 12.8 Å². The van der Waals surface area contributed by atoms with Crippen molar-refractivity contribution in [3.63, 3.8) is 0 Å². The third-order valence-electron chi connectivity index (χ3n) is 4.83. The fourth-order valence-corrected chi connectivity index (χ4v) is 3.71. The van der Waals surface area contributed by atoms with Gasteiger partial charge in [0.05, 0.1) is 25.2 Å². The molecule has 1 aliphatic carbocycles. The van der Waals surface area contributed by atoms with Gasteiger partial charge in [0, 0.05) is 20.3 Å². The number of rotatable bonds is 4. The number of ether oxygens (including phenoxy) is 2. The SMILES string of the molecule is COC[C@@H]1C[C@@H]2OCCN(C(=O)Cc3ccc(C)cc3)[C@H]2C1. The van der Waals surface area contributed by atoms with Gasteiger partial charge in [-0.25, -0.2) is 0 Å². The average molecular weight is 303 g/mol. The lowest BCUT2D eigenvalue weighted by molar-refractivity contribution is -0.143. The van der Waals surface area contributed by atoms with E-state index in [0.717, 1.165) is 25.0 Å². The molecule has 3 rings (SSSR count). The van der Waals surface area contributed by atoms with Crippen molar-refractivity contribution >= 4 is 5.91 Å². The lowest BCUT2D eigenvalue weighted by atomic mass is 10.1. The largest absolute Gasteiger partial charge is 0.384 e.